The maximum atomic E-state index is 12.3. The maximum Gasteiger partial charge on any atom is 0.255 e. The molecule has 1 saturated carbocycles. The van der Waals surface area contributed by atoms with Gasteiger partial charge in [0.1, 0.15) is 11.5 Å². The van der Waals surface area contributed by atoms with Gasteiger partial charge in [-0.2, -0.15) is 9.41 Å². The standard InChI is InChI=1S/C22H27N3O4S/c1-30(27,28)25(19-10-4-2-5-11-19)17-22(26)24-23-16-18-9-8-14-21(15-18)29-20-12-6-3-7-13-20/h3,6-9,12-16,19H,2,4-5,10-11,17H2,1H3,(H,24,26)/b23-16+. The second-order valence-corrected chi connectivity index (χ2v) is 9.32. The van der Waals surface area contributed by atoms with Gasteiger partial charge in [-0.1, -0.05) is 49.6 Å². The number of nitrogens with one attached hydrogen (secondary N) is 1. The fourth-order valence-corrected chi connectivity index (χ4v) is 4.63. The molecule has 1 aliphatic carbocycles. The number of nitrogens with zero attached hydrogens (tertiary/aromatic N) is 2. The van der Waals surface area contributed by atoms with Gasteiger partial charge in [0.15, 0.2) is 0 Å². The van der Waals surface area contributed by atoms with Crippen LogP contribution in [0.25, 0.3) is 0 Å². The van der Waals surface area contributed by atoms with E-state index in [0.717, 1.165) is 49.7 Å². The summed E-state index contributed by atoms with van der Waals surface area (Å²) in [5.74, 6) is 0.916. The zero-order chi connectivity index (χ0) is 21.4. The zero-order valence-corrected chi connectivity index (χ0v) is 17.8. The molecule has 0 unspecified atom stereocenters. The molecule has 1 amide bonds. The van der Waals surface area contributed by atoms with Gasteiger partial charge in [0.25, 0.3) is 5.91 Å². The largest absolute Gasteiger partial charge is 0.457 e. The van der Waals surface area contributed by atoms with E-state index in [0.29, 0.717) is 5.75 Å². The van der Waals surface area contributed by atoms with Crippen LogP contribution < -0.4 is 10.2 Å². The van der Waals surface area contributed by atoms with Crippen molar-refractivity contribution in [2.24, 2.45) is 5.10 Å². The first-order valence-corrected chi connectivity index (χ1v) is 11.9. The summed E-state index contributed by atoms with van der Waals surface area (Å²) in [5.41, 5.74) is 3.17. The maximum absolute atomic E-state index is 12.3. The van der Waals surface area contributed by atoms with Gasteiger partial charge in [-0.3, -0.25) is 4.79 Å². The summed E-state index contributed by atoms with van der Waals surface area (Å²) in [6.07, 6.45) is 7.31. The Hall–Kier alpha value is -2.71. The lowest BCUT2D eigenvalue weighted by molar-refractivity contribution is -0.121. The lowest BCUT2D eigenvalue weighted by Crippen LogP contribution is -2.45. The summed E-state index contributed by atoms with van der Waals surface area (Å²) in [5, 5.41) is 3.97. The van der Waals surface area contributed by atoms with Crippen molar-refractivity contribution in [1.29, 1.82) is 0 Å². The van der Waals surface area contributed by atoms with Crippen LogP contribution >= 0.6 is 0 Å². The van der Waals surface area contributed by atoms with Crippen molar-refractivity contribution in [3.8, 4) is 11.5 Å². The molecular formula is C22H27N3O4S. The van der Waals surface area contributed by atoms with Gasteiger partial charge in [0, 0.05) is 6.04 Å². The quantitative estimate of drug-likeness (QED) is 0.514. The number of hydrazone groups is 1. The predicted molar refractivity (Wildman–Crippen MR) is 117 cm³/mol. The summed E-state index contributed by atoms with van der Waals surface area (Å²) in [6, 6.07) is 16.6. The number of amides is 1. The van der Waals surface area contributed by atoms with E-state index in [1.54, 1.807) is 6.07 Å². The molecule has 0 aliphatic heterocycles. The number of para-hydroxylation sites is 1. The lowest BCUT2D eigenvalue weighted by Gasteiger charge is -2.31. The third-order valence-corrected chi connectivity index (χ3v) is 6.23. The van der Waals surface area contributed by atoms with Crippen LogP contribution in [0.4, 0.5) is 0 Å². The molecule has 8 heteroatoms. The molecule has 0 saturated heterocycles. The summed E-state index contributed by atoms with van der Waals surface area (Å²) >= 11 is 0. The Labute approximate surface area is 177 Å². The van der Waals surface area contributed by atoms with Crippen LogP contribution in [-0.2, 0) is 14.8 Å². The first kappa shape index (κ1) is 22.0. The summed E-state index contributed by atoms with van der Waals surface area (Å²) < 4.78 is 31.4. The van der Waals surface area contributed by atoms with Gasteiger partial charge in [0.2, 0.25) is 10.0 Å². The molecule has 0 bridgehead atoms. The summed E-state index contributed by atoms with van der Waals surface area (Å²) in [7, 11) is -3.47. The third kappa shape index (κ3) is 6.67. The fraction of sp³-hybridized carbons (Fsp3) is 0.364. The molecule has 1 fully saturated rings. The Morgan fingerprint density at radius 3 is 2.50 bits per heavy atom. The van der Waals surface area contributed by atoms with Crippen LogP contribution in [0.3, 0.4) is 0 Å². The molecule has 0 radical (unpaired) electrons. The third-order valence-electron chi connectivity index (χ3n) is 4.95. The molecule has 3 rings (SSSR count). The molecule has 1 N–H and O–H groups in total. The Morgan fingerprint density at radius 2 is 1.80 bits per heavy atom. The van der Waals surface area contributed by atoms with Crippen molar-refractivity contribution in [2.75, 3.05) is 12.8 Å². The minimum absolute atomic E-state index is 0.115. The number of carbonyl (C=O) groups is 1. The molecular weight excluding hydrogens is 402 g/mol. The van der Waals surface area contributed by atoms with Crippen molar-refractivity contribution in [3.63, 3.8) is 0 Å². The molecule has 0 aromatic heterocycles. The van der Waals surface area contributed by atoms with E-state index < -0.39 is 15.9 Å². The summed E-state index contributed by atoms with van der Waals surface area (Å²) in [4.78, 5) is 12.3. The van der Waals surface area contributed by atoms with E-state index in [-0.39, 0.29) is 12.6 Å². The fourth-order valence-electron chi connectivity index (χ4n) is 3.52. The predicted octanol–water partition coefficient (Wildman–Crippen LogP) is 3.52. The molecule has 7 nitrogen and oxygen atoms in total. The minimum Gasteiger partial charge on any atom is -0.457 e. The molecule has 0 spiro atoms. The number of carbonyl (C=O) groups excluding carboxylic acids is 1. The van der Waals surface area contributed by atoms with E-state index in [9.17, 15) is 13.2 Å². The van der Waals surface area contributed by atoms with E-state index in [1.807, 2.05) is 48.5 Å². The number of ether oxygens (including phenoxy) is 1. The average molecular weight is 430 g/mol. The molecule has 160 valence electrons. The van der Waals surface area contributed by atoms with Crippen molar-refractivity contribution < 1.29 is 17.9 Å². The van der Waals surface area contributed by atoms with Gasteiger partial charge < -0.3 is 4.74 Å². The Morgan fingerprint density at radius 1 is 1.10 bits per heavy atom. The monoisotopic (exact) mass is 429 g/mol. The van der Waals surface area contributed by atoms with Crippen LogP contribution in [0, 0.1) is 0 Å². The van der Waals surface area contributed by atoms with Crippen molar-refractivity contribution >= 4 is 22.1 Å². The number of hydrogen-bond acceptors (Lipinski definition) is 5. The van der Waals surface area contributed by atoms with E-state index >= 15 is 0 Å². The van der Waals surface area contributed by atoms with Crippen LogP contribution in [0.1, 0.15) is 37.7 Å². The highest BCUT2D eigenvalue weighted by atomic mass is 32.2. The topological polar surface area (TPSA) is 88.1 Å². The average Bonchev–Trinajstić information content (AvgIpc) is 2.73. The second kappa shape index (κ2) is 10.4. The first-order chi connectivity index (χ1) is 14.4. The highest BCUT2D eigenvalue weighted by Crippen LogP contribution is 2.24. The molecule has 2 aromatic rings. The Bertz CT molecular complexity index is 971. The van der Waals surface area contributed by atoms with E-state index in [4.69, 9.17) is 4.74 Å². The molecule has 0 heterocycles. The van der Waals surface area contributed by atoms with Gasteiger partial charge in [-0.05, 0) is 42.7 Å². The molecule has 0 atom stereocenters. The van der Waals surface area contributed by atoms with Crippen LogP contribution in [0.5, 0.6) is 11.5 Å². The summed E-state index contributed by atoms with van der Waals surface area (Å²) in [6.45, 7) is -0.224. The SMILES string of the molecule is CS(=O)(=O)N(CC(=O)N/N=C/c1cccc(Oc2ccccc2)c1)C1CCCCC1. The first-order valence-electron chi connectivity index (χ1n) is 10.0. The second-order valence-electron chi connectivity index (χ2n) is 7.38. The van der Waals surface area contributed by atoms with Gasteiger partial charge >= 0.3 is 0 Å². The van der Waals surface area contributed by atoms with Crippen molar-refractivity contribution in [3.05, 3.63) is 60.2 Å². The minimum atomic E-state index is -3.47. The smallest absolute Gasteiger partial charge is 0.255 e. The molecule has 2 aromatic carbocycles. The highest BCUT2D eigenvalue weighted by Gasteiger charge is 2.29. The lowest BCUT2D eigenvalue weighted by atomic mass is 9.95. The van der Waals surface area contributed by atoms with Crippen molar-refractivity contribution in [2.45, 2.75) is 38.1 Å². The van der Waals surface area contributed by atoms with Crippen molar-refractivity contribution in [1.82, 2.24) is 9.73 Å². The Balaban J connectivity index is 1.57. The molecule has 1 aliphatic rings. The number of benzene rings is 2. The Kier molecular flexibility index (Phi) is 7.59. The van der Waals surface area contributed by atoms with Crippen LogP contribution in [0.2, 0.25) is 0 Å². The van der Waals surface area contributed by atoms with Gasteiger partial charge in [-0.15, -0.1) is 0 Å². The van der Waals surface area contributed by atoms with Gasteiger partial charge in [-0.25, -0.2) is 13.8 Å². The van der Waals surface area contributed by atoms with Crippen LogP contribution in [0.15, 0.2) is 59.7 Å². The number of hydrogen-bond donors (Lipinski definition) is 1. The molecule has 30 heavy (non-hydrogen) atoms. The number of rotatable bonds is 8. The number of sulfonamides is 1. The van der Waals surface area contributed by atoms with E-state index in [1.165, 1.54) is 10.5 Å². The van der Waals surface area contributed by atoms with E-state index in [2.05, 4.69) is 10.5 Å². The highest BCUT2D eigenvalue weighted by molar-refractivity contribution is 7.88. The van der Waals surface area contributed by atoms with Gasteiger partial charge in [0.05, 0.1) is 19.0 Å². The van der Waals surface area contributed by atoms with Crippen LogP contribution in [-0.4, -0.2) is 43.7 Å². The normalized spacial score (nSPS) is 15.4. The zero-order valence-electron chi connectivity index (χ0n) is 17.0.